The molecule has 0 aromatic heterocycles. The molecule has 0 bridgehead atoms. The van der Waals surface area contributed by atoms with Gasteiger partial charge in [0.2, 0.25) is 5.91 Å². The molecule has 0 saturated heterocycles. The first kappa shape index (κ1) is 15.9. The summed E-state index contributed by atoms with van der Waals surface area (Å²) in [5, 5.41) is 13.6. The Morgan fingerprint density at radius 1 is 1.18 bits per heavy atom. The maximum Gasteiger partial charge on any atom is 0.276 e. The van der Waals surface area contributed by atoms with Gasteiger partial charge in [0, 0.05) is 23.2 Å². The van der Waals surface area contributed by atoms with E-state index in [0.717, 1.165) is 10.0 Å². The van der Waals surface area contributed by atoms with Crippen LogP contribution < -0.4 is 5.32 Å². The number of nitro groups is 1. The predicted octanol–water partition coefficient (Wildman–Crippen LogP) is 3.69. The molecule has 0 radical (unpaired) electrons. The Morgan fingerprint density at radius 2 is 1.86 bits per heavy atom. The van der Waals surface area contributed by atoms with E-state index >= 15 is 0 Å². The smallest absolute Gasteiger partial charge is 0.276 e. The van der Waals surface area contributed by atoms with Crippen LogP contribution in [0, 0.1) is 10.1 Å². The summed E-state index contributed by atoms with van der Waals surface area (Å²) >= 11 is 3.34. The first-order chi connectivity index (χ1) is 10.6. The number of carbonyl (C=O) groups is 1. The normalized spacial score (nSPS) is 10.6. The summed E-state index contributed by atoms with van der Waals surface area (Å²) < 4.78 is 0.971. The van der Waals surface area contributed by atoms with Crippen molar-refractivity contribution in [2.45, 2.75) is 6.54 Å². The topological polar surface area (TPSA) is 72.2 Å². The SMILES string of the molecule is O=C(C=Cc1ccccc1[N+](=O)[O-])NCc1ccc(Br)cc1. The van der Waals surface area contributed by atoms with E-state index in [-0.39, 0.29) is 11.6 Å². The van der Waals surface area contributed by atoms with Gasteiger partial charge in [-0.2, -0.15) is 0 Å². The average Bonchev–Trinajstić information content (AvgIpc) is 2.52. The molecular weight excluding hydrogens is 348 g/mol. The van der Waals surface area contributed by atoms with Gasteiger partial charge in [0.25, 0.3) is 5.69 Å². The molecule has 2 aromatic carbocycles. The van der Waals surface area contributed by atoms with Gasteiger partial charge in [-0.15, -0.1) is 0 Å². The maximum atomic E-state index is 11.8. The zero-order chi connectivity index (χ0) is 15.9. The number of hydrogen-bond acceptors (Lipinski definition) is 3. The predicted molar refractivity (Wildman–Crippen MR) is 88.1 cm³/mol. The van der Waals surface area contributed by atoms with Gasteiger partial charge >= 0.3 is 0 Å². The average molecular weight is 361 g/mol. The fraction of sp³-hybridized carbons (Fsp3) is 0.0625. The minimum absolute atomic E-state index is 0.0283. The Morgan fingerprint density at radius 3 is 2.55 bits per heavy atom. The van der Waals surface area contributed by atoms with Crippen LogP contribution in [0.4, 0.5) is 5.69 Å². The number of carbonyl (C=O) groups excluding carboxylic acids is 1. The largest absolute Gasteiger partial charge is 0.348 e. The third-order valence-electron chi connectivity index (χ3n) is 2.93. The van der Waals surface area contributed by atoms with E-state index in [2.05, 4.69) is 21.2 Å². The molecule has 2 rings (SSSR count). The molecule has 0 spiro atoms. The molecule has 22 heavy (non-hydrogen) atoms. The number of rotatable bonds is 5. The van der Waals surface area contributed by atoms with Crippen LogP contribution in [0.5, 0.6) is 0 Å². The second kappa shape index (κ2) is 7.51. The van der Waals surface area contributed by atoms with E-state index in [0.29, 0.717) is 12.1 Å². The van der Waals surface area contributed by atoms with Crippen molar-refractivity contribution in [3.8, 4) is 0 Å². The highest BCUT2D eigenvalue weighted by molar-refractivity contribution is 9.10. The van der Waals surface area contributed by atoms with Crippen molar-refractivity contribution in [2.24, 2.45) is 0 Å². The molecule has 0 atom stereocenters. The Hall–Kier alpha value is -2.47. The lowest BCUT2D eigenvalue weighted by Gasteiger charge is -2.02. The van der Waals surface area contributed by atoms with Gasteiger partial charge in [0.05, 0.1) is 10.5 Å². The monoisotopic (exact) mass is 360 g/mol. The van der Waals surface area contributed by atoms with Crippen LogP contribution in [0.25, 0.3) is 6.08 Å². The van der Waals surface area contributed by atoms with Crippen molar-refractivity contribution in [3.05, 3.63) is 80.3 Å². The third kappa shape index (κ3) is 4.53. The summed E-state index contributed by atoms with van der Waals surface area (Å²) in [5.41, 5.74) is 1.33. The molecule has 2 aromatic rings. The summed E-state index contributed by atoms with van der Waals surface area (Å²) in [6.45, 7) is 0.396. The highest BCUT2D eigenvalue weighted by Crippen LogP contribution is 2.18. The second-order valence-electron chi connectivity index (χ2n) is 4.49. The highest BCUT2D eigenvalue weighted by Gasteiger charge is 2.09. The quantitative estimate of drug-likeness (QED) is 0.502. The van der Waals surface area contributed by atoms with E-state index in [1.165, 1.54) is 18.2 Å². The summed E-state index contributed by atoms with van der Waals surface area (Å²) in [5.74, 6) is -0.305. The van der Waals surface area contributed by atoms with Gasteiger partial charge in [0.1, 0.15) is 0 Å². The van der Waals surface area contributed by atoms with Gasteiger partial charge < -0.3 is 5.32 Å². The van der Waals surface area contributed by atoms with Crippen LogP contribution in [-0.2, 0) is 11.3 Å². The van der Waals surface area contributed by atoms with Gasteiger partial charge in [-0.25, -0.2) is 0 Å². The zero-order valence-corrected chi connectivity index (χ0v) is 13.1. The van der Waals surface area contributed by atoms with Gasteiger partial charge in [-0.3, -0.25) is 14.9 Å². The summed E-state index contributed by atoms with van der Waals surface area (Å²) in [6, 6.07) is 13.9. The molecule has 0 fully saturated rings. The Bertz CT molecular complexity index is 712. The van der Waals surface area contributed by atoms with E-state index < -0.39 is 4.92 Å². The van der Waals surface area contributed by atoms with Gasteiger partial charge in [-0.1, -0.05) is 40.2 Å². The van der Waals surface area contributed by atoms with Crippen LogP contribution in [0.15, 0.2) is 59.1 Å². The Balaban J connectivity index is 1.97. The number of para-hydroxylation sites is 1. The number of nitro benzene ring substituents is 1. The van der Waals surface area contributed by atoms with Crippen molar-refractivity contribution in [3.63, 3.8) is 0 Å². The number of nitrogens with one attached hydrogen (secondary N) is 1. The Kier molecular flexibility index (Phi) is 5.43. The lowest BCUT2D eigenvalue weighted by Crippen LogP contribution is -2.20. The molecule has 1 N–H and O–H groups in total. The molecule has 0 unspecified atom stereocenters. The zero-order valence-electron chi connectivity index (χ0n) is 11.5. The molecule has 1 amide bonds. The van der Waals surface area contributed by atoms with Crippen LogP contribution >= 0.6 is 15.9 Å². The Labute approximate surface area is 135 Å². The summed E-state index contributed by atoms with van der Waals surface area (Å²) in [6.07, 6.45) is 2.73. The van der Waals surface area contributed by atoms with Crippen LogP contribution in [0.3, 0.4) is 0 Å². The van der Waals surface area contributed by atoms with E-state index in [9.17, 15) is 14.9 Å². The fourth-order valence-corrected chi connectivity index (χ4v) is 2.07. The second-order valence-corrected chi connectivity index (χ2v) is 5.41. The lowest BCUT2D eigenvalue weighted by molar-refractivity contribution is -0.385. The maximum absolute atomic E-state index is 11.8. The fourth-order valence-electron chi connectivity index (χ4n) is 1.81. The highest BCUT2D eigenvalue weighted by atomic mass is 79.9. The van der Waals surface area contributed by atoms with Crippen LogP contribution in [0.1, 0.15) is 11.1 Å². The van der Waals surface area contributed by atoms with E-state index in [1.54, 1.807) is 18.2 Å². The molecule has 0 saturated carbocycles. The molecule has 112 valence electrons. The third-order valence-corrected chi connectivity index (χ3v) is 3.46. The molecule has 0 aliphatic heterocycles. The van der Waals surface area contributed by atoms with E-state index in [4.69, 9.17) is 0 Å². The van der Waals surface area contributed by atoms with Gasteiger partial charge in [0.15, 0.2) is 0 Å². The molecule has 6 heteroatoms. The van der Waals surface area contributed by atoms with Crippen molar-refractivity contribution in [2.75, 3.05) is 0 Å². The number of benzene rings is 2. The first-order valence-corrected chi connectivity index (χ1v) is 7.29. The molecule has 0 aliphatic carbocycles. The summed E-state index contributed by atoms with van der Waals surface area (Å²) in [4.78, 5) is 22.2. The van der Waals surface area contributed by atoms with Crippen molar-refractivity contribution in [1.82, 2.24) is 5.32 Å². The molecule has 5 nitrogen and oxygen atoms in total. The molecular formula is C16H13BrN2O3. The lowest BCUT2D eigenvalue weighted by atomic mass is 10.1. The van der Waals surface area contributed by atoms with Gasteiger partial charge in [-0.05, 0) is 29.8 Å². The minimum atomic E-state index is -0.473. The minimum Gasteiger partial charge on any atom is -0.348 e. The van der Waals surface area contributed by atoms with Crippen molar-refractivity contribution >= 4 is 33.6 Å². The van der Waals surface area contributed by atoms with Crippen molar-refractivity contribution in [1.29, 1.82) is 0 Å². The molecule has 0 heterocycles. The van der Waals surface area contributed by atoms with Crippen LogP contribution in [-0.4, -0.2) is 10.8 Å². The number of amides is 1. The summed E-state index contributed by atoms with van der Waals surface area (Å²) in [7, 11) is 0. The van der Waals surface area contributed by atoms with Crippen molar-refractivity contribution < 1.29 is 9.72 Å². The van der Waals surface area contributed by atoms with Crippen LogP contribution in [0.2, 0.25) is 0 Å². The van der Waals surface area contributed by atoms with E-state index in [1.807, 2.05) is 24.3 Å². The number of nitrogens with zero attached hydrogens (tertiary/aromatic N) is 1. The molecule has 0 aliphatic rings. The first-order valence-electron chi connectivity index (χ1n) is 6.50. The standard InChI is InChI=1S/C16H13BrN2O3/c17-14-8-5-12(6-9-14)11-18-16(20)10-7-13-3-1-2-4-15(13)19(21)22/h1-10H,11H2,(H,18,20). The number of hydrogen-bond donors (Lipinski definition) is 1. The number of halogens is 1.